The van der Waals surface area contributed by atoms with Crippen LogP contribution in [0, 0.1) is 0 Å². The van der Waals surface area contributed by atoms with Crippen LogP contribution in [0.1, 0.15) is 19.8 Å². The SMILES string of the molecule is CCOCCN(C)C(=O)N[C@@H](CCC(N)=O)C(=O)O. The molecule has 0 aromatic rings. The molecule has 0 bridgehead atoms. The number of primary amides is 1. The van der Waals surface area contributed by atoms with Crippen LogP contribution in [0.5, 0.6) is 0 Å². The molecular weight excluding hydrogens is 254 g/mol. The maximum absolute atomic E-state index is 11.7. The largest absolute Gasteiger partial charge is 0.480 e. The molecule has 0 aromatic heterocycles. The molecule has 0 rings (SSSR count). The summed E-state index contributed by atoms with van der Waals surface area (Å²) in [5.41, 5.74) is 4.94. The van der Waals surface area contributed by atoms with E-state index in [1.54, 1.807) is 0 Å². The van der Waals surface area contributed by atoms with E-state index >= 15 is 0 Å². The van der Waals surface area contributed by atoms with Crippen LogP contribution < -0.4 is 11.1 Å². The average Bonchev–Trinajstić information content (AvgIpc) is 2.33. The highest BCUT2D eigenvalue weighted by molar-refractivity contribution is 5.83. The minimum Gasteiger partial charge on any atom is -0.480 e. The number of nitrogens with zero attached hydrogens (tertiary/aromatic N) is 1. The number of aliphatic carboxylic acids is 1. The normalized spacial score (nSPS) is 11.7. The number of hydrogen-bond acceptors (Lipinski definition) is 4. The van der Waals surface area contributed by atoms with Gasteiger partial charge in [-0.1, -0.05) is 0 Å². The van der Waals surface area contributed by atoms with E-state index in [1.165, 1.54) is 11.9 Å². The Morgan fingerprint density at radius 1 is 1.42 bits per heavy atom. The van der Waals surface area contributed by atoms with Crippen LogP contribution in [0.15, 0.2) is 0 Å². The third-order valence-corrected chi connectivity index (χ3v) is 2.40. The zero-order valence-corrected chi connectivity index (χ0v) is 11.2. The fourth-order valence-corrected chi connectivity index (χ4v) is 1.25. The Balaban J connectivity index is 4.22. The van der Waals surface area contributed by atoms with Gasteiger partial charge in [0.15, 0.2) is 0 Å². The van der Waals surface area contributed by atoms with E-state index in [1.807, 2.05) is 6.92 Å². The monoisotopic (exact) mass is 275 g/mol. The molecule has 0 fully saturated rings. The van der Waals surface area contributed by atoms with Crippen molar-refractivity contribution in [1.29, 1.82) is 0 Å². The summed E-state index contributed by atoms with van der Waals surface area (Å²) in [5.74, 6) is -1.81. The van der Waals surface area contributed by atoms with E-state index < -0.39 is 23.9 Å². The summed E-state index contributed by atoms with van der Waals surface area (Å²) in [5, 5.41) is 11.2. The number of carboxylic acids is 1. The number of amides is 3. The topological polar surface area (TPSA) is 122 Å². The van der Waals surface area contributed by atoms with Gasteiger partial charge in [0, 0.05) is 26.6 Å². The van der Waals surface area contributed by atoms with Crippen LogP contribution in [0.4, 0.5) is 4.79 Å². The molecule has 19 heavy (non-hydrogen) atoms. The van der Waals surface area contributed by atoms with Crippen LogP contribution in [0.25, 0.3) is 0 Å². The molecular formula is C11H21N3O5. The van der Waals surface area contributed by atoms with Crippen molar-refractivity contribution in [2.75, 3.05) is 26.8 Å². The lowest BCUT2D eigenvalue weighted by Crippen LogP contribution is -2.47. The van der Waals surface area contributed by atoms with E-state index in [0.717, 1.165) is 0 Å². The molecule has 8 nitrogen and oxygen atoms in total. The molecule has 0 unspecified atom stereocenters. The Labute approximate surface area is 111 Å². The Hall–Kier alpha value is -1.83. The maximum atomic E-state index is 11.7. The van der Waals surface area contributed by atoms with Crippen molar-refractivity contribution in [1.82, 2.24) is 10.2 Å². The van der Waals surface area contributed by atoms with Gasteiger partial charge >= 0.3 is 12.0 Å². The summed E-state index contributed by atoms with van der Waals surface area (Å²) < 4.78 is 5.09. The van der Waals surface area contributed by atoms with E-state index in [4.69, 9.17) is 15.6 Å². The smallest absolute Gasteiger partial charge is 0.326 e. The van der Waals surface area contributed by atoms with E-state index in [0.29, 0.717) is 19.8 Å². The Kier molecular flexibility index (Phi) is 8.27. The standard InChI is InChI=1S/C11H21N3O5/c1-3-19-7-6-14(2)11(18)13-8(10(16)17)4-5-9(12)15/h8H,3-7H2,1-2H3,(H2,12,15)(H,13,18)(H,16,17)/t8-/m0/s1. The molecule has 0 heterocycles. The number of carbonyl (C=O) groups excluding carboxylic acids is 2. The lowest BCUT2D eigenvalue weighted by Gasteiger charge is -2.21. The summed E-state index contributed by atoms with van der Waals surface area (Å²) in [6.07, 6.45) is -0.129. The van der Waals surface area contributed by atoms with E-state index in [2.05, 4.69) is 5.32 Å². The Morgan fingerprint density at radius 2 is 2.05 bits per heavy atom. The molecule has 3 amide bonds. The van der Waals surface area contributed by atoms with Gasteiger partial charge in [-0.3, -0.25) is 4.79 Å². The summed E-state index contributed by atoms with van der Waals surface area (Å²) in [7, 11) is 1.53. The zero-order valence-electron chi connectivity index (χ0n) is 11.2. The molecule has 0 aliphatic carbocycles. The molecule has 0 saturated heterocycles. The molecule has 1 atom stereocenters. The maximum Gasteiger partial charge on any atom is 0.326 e. The van der Waals surface area contributed by atoms with Crippen molar-refractivity contribution in [3.05, 3.63) is 0 Å². The number of carbonyl (C=O) groups is 3. The second kappa shape index (κ2) is 9.15. The molecule has 0 saturated carbocycles. The summed E-state index contributed by atoms with van der Waals surface area (Å²) in [4.78, 5) is 34.5. The van der Waals surface area contributed by atoms with Crippen molar-refractivity contribution < 1.29 is 24.2 Å². The summed E-state index contributed by atoms with van der Waals surface area (Å²) >= 11 is 0. The number of likely N-dealkylation sites (N-methyl/N-ethyl adjacent to an activating group) is 1. The molecule has 110 valence electrons. The first-order chi connectivity index (χ1) is 8.88. The van der Waals surface area contributed by atoms with Gasteiger partial charge in [0.05, 0.1) is 6.61 Å². The number of ether oxygens (including phenoxy) is 1. The molecule has 8 heteroatoms. The van der Waals surface area contributed by atoms with Crippen LogP contribution in [-0.2, 0) is 14.3 Å². The first kappa shape index (κ1) is 17.2. The van der Waals surface area contributed by atoms with Crippen LogP contribution in [0.3, 0.4) is 0 Å². The number of urea groups is 1. The second-order valence-corrected chi connectivity index (χ2v) is 3.96. The molecule has 0 aromatic carbocycles. The van der Waals surface area contributed by atoms with Gasteiger partial charge in [-0.15, -0.1) is 0 Å². The van der Waals surface area contributed by atoms with Crippen LogP contribution in [0.2, 0.25) is 0 Å². The Morgan fingerprint density at radius 3 is 2.53 bits per heavy atom. The van der Waals surface area contributed by atoms with Gasteiger partial charge in [0.2, 0.25) is 5.91 Å². The number of rotatable bonds is 9. The minimum absolute atomic E-state index is 0.0320. The molecule has 0 radical (unpaired) electrons. The lowest BCUT2D eigenvalue weighted by atomic mass is 10.1. The van der Waals surface area contributed by atoms with Crippen molar-refractivity contribution in [2.45, 2.75) is 25.8 Å². The quantitative estimate of drug-likeness (QED) is 0.484. The highest BCUT2D eigenvalue weighted by Crippen LogP contribution is 1.99. The second-order valence-electron chi connectivity index (χ2n) is 3.96. The van der Waals surface area contributed by atoms with Crippen molar-refractivity contribution in [2.24, 2.45) is 5.73 Å². The minimum atomic E-state index is -1.20. The lowest BCUT2D eigenvalue weighted by molar-refractivity contribution is -0.139. The molecule has 0 aliphatic rings. The van der Waals surface area contributed by atoms with Gasteiger partial charge < -0.3 is 25.8 Å². The van der Waals surface area contributed by atoms with E-state index in [9.17, 15) is 14.4 Å². The number of nitrogens with two attached hydrogens (primary N) is 1. The van der Waals surface area contributed by atoms with Gasteiger partial charge in [0.1, 0.15) is 6.04 Å². The molecule has 4 N–H and O–H groups in total. The number of carboxylic acid groups (broad SMARTS) is 1. The van der Waals surface area contributed by atoms with Gasteiger partial charge in [-0.2, -0.15) is 0 Å². The predicted octanol–water partition coefficient (Wildman–Crippen LogP) is -0.617. The third-order valence-electron chi connectivity index (χ3n) is 2.40. The van der Waals surface area contributed by atoms with Crippen molar-refractivity contribution in [3.63, 3.8) is 0 Å². The molecule has 0 spiro atoms. The van der Waals surface area contributed by atoms with Gasteiger partial charge in [-0.25, -0.2) is 9.59 Å². The third kappa shape index (κ3) is 7.98. The summed E-state index contributed by atoms with van der Waals surface area (Å²) in [6.45, 7) is 3.11. The van der Waals surface area contributed by atoms with Crippen molar-refractivity contribution >= 4 is 17.9 Å². The Bertz CT molecular complexity index is 321. The number of hydrogen-bond donors (Lipinski definition) is 3. The molecule has 0 aliphatic heterocycles. The fourth-order valence-electron chi connectivity index (χ4n) is 1.25. The number of nitrogens with one attached hydrogen (secondary N) is 1. The first-order valence-electron chi connectivity index (χ1n) is 5.99. The van der Waals surface area contributed by atoms with Gasteiger partial charge in [0.25, 0.3) is 0 Å². The van der Waals surface area contributed by atoms with E-state index in [-0.39, 0.29) is 12.8 Å². The van der Waals surface area contributed by atoms with Gasteiger partial charge in [-0.05, 0) is 13.3 Å². The van der Waals surface area contributed by atoms with Crippen molar-refractivity contribution in [3.8, 4) is 0 Å². The average molecular weight is 275 g/mol. The highest BCUT2D eigenvalue weighted by atomic mass is 16.5. The fraction of sp³-hybridized carbons (Fsp3) is 0.727. The summed E-state index contributed by atoms with van der Waals surface area (Å²) in [6, 6.07) is -1.66. The first-order valence-corrected chi connectivity index (χ1v) is 5.99. The predicted molar refractivity (Wildman–Crippen MR) is 67.5 cm³/mol. The zero-order chi connectivity index (χ0) is 14.8. The van der Waals surface area contributed by atoms with Crippen LogP contribution >= 0.6 is 0 Å². The highest BCUT2D eigenvalue weighted by Gasteiger charge is 2.21. The van der Waals surface area contributed by atoms with Crippen LogP contribution in [-0.4, -0.2) is 60.8 Å².